The molecule has 0 N–H and O–H groups in total. The molecule has 25 heavy (non-hydrogen) atoms. The smallest absolute Gasteiger partial charge is 0.410 e. The molecule has 0 bridgehead atoms. The largest absolute Gasteiger partial charge is 0.444 e. The van der Waals surface area contributed by atoms with Gasteiger partial charge in [-0.2, -0.15) is 11.8 Å². The highest BCUT2D eigenvalue weighted by atomic mass is 32.2. The van der Waals surface area contributed by atoms with E-state index in [1.165, 1.54) is 11.5 Å². The molecule has 0 aromatic carbocycles. The van der Waals surface area contributed by atoms with Gasteiger partial charge in [0.25, 0.3) is 0 Å². The van der Waals surface area contributed by atoms with E-state index >= 15 is 0 Å². The quantitative estimate of drug-likeness (QED) is 0.817. The molecule has 3 heterocycles. The molecule has 1 aromatic heterocycles. The number of aromatic nitrogens is 2. The monoisotopic (exact) mass is 367 g/mol. The van der Waals surface area contributed by atoms with Crippen LogP contribution < -0.4 is 0 Å². The van der Waals surface area contributed by atoms with Gasteiger partial charge in [-0.25, -0.2) is 9.78 Å². The standard InChI is InChI=1S/C18H29N3O3S/c1-18(2,3)24-17(22)20-6-4-14(5-7-20)11-23-12-15-10-19-16-13-25-9-8-21(15)16/h10,14H,4-9,11-13H2,1-3H3. The normalized spacial score (nSPS) is 18.9. The van der Waals surface area contributed by atoms with Gasteiger partial charge >= 0.3 is 6.09 Å². The highest BCUT2D eigenvalue weighted by Gasteiger charge is 2.27. The van der Waals surface area contributed by atoms with Gasteiger partial charge in [-0.3, -0.25) is 0 Å². The summed E-state index contributed by atoms with van der Waals surface area (Å²) in [6, 6.07) is 0. The fourth-order valence-corrected chi connectivity index (χ4v) is 4.08. The minimum Gasteiger partial charge on any atom is -0.444 e. The molecule has 0 atom stereocenters. The first-order valence-corrected chi connectivity index (χ1v) is 10.2. The van der Waals surface area contributed by atoms with Gasteiger partial charge in [0.05, 0.1) is 30.9 Å². The van der Waals surface area contributed by atoms with Crippen molar-refractivity contribution in [2.75, 3.05) is 25.4 Å². The molecule has 140 valence electrons. The van der Waals surface area contributed by atoms with Crippen LogP contribution in [0.5, 0.6) is 0 Å². The molecule has 0 aliphatic carbocycles. The van der Waals surface area contributed by atoms with Crippen molar-refractivity contribution in [3.8, 4) is 0 Å². The van der Waals surface area contributed by atoms with Gasteiger partial charge < -0.3 is 18.9 Å². The number of ether oxygens (including phenoxy) is 2. The number of hydrogen-bond donors (Lipinski definition) is 0. The van der Waals surface area contributed by atoms with Crippen LogP contribution in [0.3, 0.4) is 0 Å². The average molecular weight is 368 g/mol. The van der Waals surface area contributed by atoms with Gasteiger partial charge in [0.1, 0.15) is 11.4 Å². The lowest BCUT2D eigenvalue weighted by Gasteiger charge is -2.33. The molecule has 6 nitrogen and oxygen atoms in total. The van der Waals surface area contributed by atoms with Crippen molar-refractivity contribution in [3.05, 3.63) is 17.7 Å². The van der Waals surface area contributed by atoms with Crippen LogP contribution in [0.25, 0.3) is 0 Å². The Morgan fingerprint density at radius 1 is 1.32 bits per heavy atom. The molecule has 0 saturated carbocycles. The second kappa shape index (κ2) is 7.99. The number of piperidine rings is 1. The summed E-state index contributed by atoms with van der Waals surface area (Å²) >= 11 is 1.94. The molecule has 0 unspecified atom stereocenters. The van der Waals surface area contributed by atoms with Crippen molar-refractivity contribution >= 4 is 17.9 Å². The number of hydrogen-bond acceptors (Lipinski definition) is 5. The molecule has 2 aliphatic heterocycles. The summed E-state index contributed by atoms with van der Waals surface area (Å²) in [4.78, 5) is 18.4. The molecule has 1 amide bonds. The zero-order valence-electron chi connectivity index (χ0n) is 15.5. The van der Waals surface area contributed by atoms with Crippen LogP contribution in [0.4, 0.5) is 4.79 Å². The summed E-state index contributed by atoms with van der Waals surface area (Å²) in [5.74, 6) is 3.83. The lowest BCUT2D eigenvalue weighted by atomic mass is 9.98. The van der Waals surface area contributed by atoms with Crippen LogP contribution >= 0.6 is 11.8 Å². The van der Waals surface area contributed by atoms with Crippen LogP contribution in [0, 0.1) is 5.92 Å². The number of carbonyl (C=O) groups is 1. The summed E-state index contributed by atoms with van der Waals surface area (Å²) in [6.07, 6.45) is 3.70. The van der Waals surface area contributed by atoms with E-state index in [9.17, 15) is 4.79 Å². The molecule has 3 rings (SSSR count). The molecule has 7 heteroatoms. The molecule has 0 radical (unpaired) electrons. The Hall–Kier alpha value is -1.21. The number of carbonyl (C=O) groups excluding carboxylic acids is 1. The molecular formula is C18H29N3O3S. The zero-order chi connectivity index (χ0) is 17.9. The number of imidazole rings is 1. The van der Waals surface area contributed by atoms with Gasteiger partial charge in [0.2, 0.25) is 0 Å². The first kappa shape index (κ1) is 18.6. The van der Waals surface area contributed by atoms with Gasteiger partial charge in [-0.1, -0.05) is 0 Å². The Morgan fingerprint density at radius 3 is 2.80 bits per heavy atom. The van der Waals surface area contributed by atoms with Gasteiger partial charge in [0.15, 0.2) is 0 Å². The molecule has 1 saturated heterocycles. The number of fused-ring (bicyclic) bond motifs is 1. The number of likely N-dealkylation sites (tertiary alicyclic amines) is 1. The highest BCUT2D eigenvalue weighted by Crippen LogP contribution is 2.22. The van der Waals surface area contributed by atoms with Gasteiger partial charge in [-0.15, -0.1) is 0 Å². The second-order valence-corrected chi connectivity index (χ2v) is 8.90. The lowest BCUT2D eigenvalue weighted by Crippen LogP contribution is -2.42. The molecule has 1 aromatic rings. The van der Waals surface area contributed by atoms with E-state index in [2.05, 4.69) is 9.55 Å². The summed E-state index contributed by atoms with van der Waals surface area (Å²) in [6.45, 7) is 9.62. The number of thioether (sulfide) groups is 1. The van der Waals surface area contributed by atoms with Crippen LogP contribution in [0.15, 0.2) is 6.20 Å². The van der Waals surface area contributed by atoms with E-state index in [-0.39, 0.29) is 6.09 Å². The summed E-state index contributed by atoms with van der Waals surface area (Å²) in [7, 11) is 0. The number of amides is 1. The molecule has 1 fully saturated rings. The van der Waals surface area contributed by atoms with E-state index < -0.39 is 5.60 Å². The van der Waals surface area contributed by atoms with Gasteiger partial charge in [-0.05, 0) is 39.5 Å². The Bertz CT molecular complexity index is 589. The summed E-state index contributed by atoms with van der Waals surface area (Å²) in [5.41, 5.74) is 0.751. The van der Waals surface area contributed by atoms with Crippen molar-refractivity contribution in [2.45, 2.75) is 58.1 Å². The van der Waals surface area contributed by atoms with Gasteiger partial charge in [0, 0.05) is 25.4 Å². The van der Waals surface area contributed by atoms with Crippen LogP contribution in [0.2, 0.25) is 0 Å². The predicted octanol–water partition coefficient (Wildman–Crippen LogP) is 3.29. The van der Waals surface area contributed by atoms with Crippen molar-refractivity contribution in [2.24, 2.45) is 5.92 Å². The maximum Gasteiger partial charge on any atom is 0.410 e. The fourth-order valence-electron chi connectivity index (χ4n) is 3.22. The van der Waals surface area contributed by atoms with E-state index in [4.69, 9.17) is 9.47 Å². The maximum absolute atomic E-state index is 12.1. The van der Waals surface area contributed by atoms with E-state index in [1.807, 2.05) is 43.6 Å². The molecular weight excluding hydrogens is 338 g/mol. The third-order valence-electron chi connectivity index (χ3n) is 4.58. The van der Waals surface area contributed by atoms with Crippen LogP contribution in [0.1, 0.15) is 45.1 Å². The molecule has 0 spiro atoms. The first-order valence-electron chi connectivity index (χ1n) is 9.09. The minimum absolute atomic E-state index is 0.198. The number of nitrogens with zero attached hydrogens (tertiary/aromatic N) is 3. The van der Waals surface area contributed by atoms with E-state index in [1.54, 1.807) is 0 Å². The lowest BCUT2D eigenvalue weighted by molar-refractivity contribution is 0.0101. The van der Waals surface area contributed by atoms with Crippen molar-refractivity contribution in [1.82, 2.24) is 14.5 Å². The van der Waals surface area contributed by atoms with Crippen molar-refractivity contribution < 1.29 is 14.3 Å². The Balaban J connectivity index is 1.38. The van der Waals surface area contributed by atoms with Crippen LogP contribution in [-0.4, -0.2) is 51.6 Å². The van der Waals surface area contributed by atoms with Crippen molar-refractivity contribution in [1.29, 1.82) is 0 Å². The average Bonchev–Trinajstić information content (AvgIpc) is 2.97. The van der Waals surface area contributed by atoms with E-state index in [0.29, 0.717) is 12.5 Å². The molecule has 2 aliphatic rings. The highest BCUT2D eigenvalue weighted by molar-refractivity contribution is 7.98. The summed E-state index contributed by atoms with van der Waals surface area (Å²) in [5, 5.41) is 0. The maximum atomic E-state index is 12.1. The van der Waals surface area contributed by atoms with Crippen molar-refractivity contribution in [3.63, 3.8) is 0 Å². The minimum atomic E-state index is -0.431. The second-order valence-electron chi connectivity index (χ2n) is 7.80. The topological polar surface area (TPSA) is 56.6 Å². The number of rotatable bonds is 4. The van der Waals surface area contributed by atoms with Crippen LogP contribution in [-0.2, 0) is 28.4 Å². The Labute approximate surface area is 154 Å². The Kier molecular flexibility index (Phi) is 5.94. The predicted molar refractivity (Wildman–Crippen MR) is 98.6 cm³/mol. The first-order chi connectivity index (χ1) is 11.9. The third kappa shape index (κ3) is 5.14. The fraction of sp³-hybridized carbons (Fsp3) is 0.778. The zero-order valence-corrected chi connectivity index (χ0v) is 16.3. The van der Waals surface area contributed by atoms with E-state index in [0.717, 1.165) is 50.6 Å². The SMILES string of the molecule is CC(C)(C)OC(=O)N1CCC(COCc2cnc3n2CCSC3)CC1. The Morgan fingerprint density at radius 2 is 2.08 bits per heavy atom. The third-order valence-corrected chi connectivity index (χ3v) is 5.51. The summed E-state index contributed by atoms with van der Waals surface area (Å²) < 4.78 is 13.7.